The van der Waals surface area contributed by atoms with E-state index in [2.05, 4.69) is 4.99 Å². The summed E-state index contributed by atoms with van der Waals surface area (Å²) in [6.07, 6.45) is 3.34. The summed E-state index contributed by atoms with van der Waals surface area (Å²) in [5, 5.41) is 0.700. The largest absolute Gasteiger partial charge is 0.465 e. The maximum atomic E-state index is 12.4. The molecule has 0 unspecified atom stereocenters. The molecular formula is C16H14N2O2S. The lowest BCUT2D eigenvalue weighted by molar-refractivity contribution is -0.122. The van der Waals surface area contributed by atoms with Crippen molar-refractivity contribution in [1.29, 1.82) is 0 Å². The van der Waals surface area contributed by atoms with Crippen LogP contribution in [-0.4, -0.2) is 22.5 Å². The van der Waals surface area contributed by atoms with Crippen LogP contribution in [0.1, 0.15) is 12.7 Å². The van der Waals surface area contributed by atoms with E-state index in [4.69, 9.17) is 4.42 Å². The minimum Gasteiger partial charge on any atom is -0.465 e. The highest BCUT2D eigenvalue weighted by atomic mass is 32.2. The van der Waals surface area contributed by atoms with Crippen molar-refractivity contribution in [3.8, 4) is 0 Å². The average Bonchev–Trinajstić information content (AvgIpc) is 3.10. The molecule has 21 heavy (non-hydrogen) atoms. The minimum atomic E-state index is -0.0337. The molecule has 5 heteroatoms. The first-order valence-corrected chi connectivity index (χ1v) is 7.48. The zero-order valence-electron chi connectivity index (χ0n) is 11.5. The van der Waals surface area contributed by atoms with E-state index in [1.807, 2.05) is 43.3 Å². The normalized spacial score (nSPS) is 18.9. The van der Waals surface area contributed by atoms with Crippen molar-refractivity contribution in [2.45, 2.75) is 6.92 Å². The third kappa shape index (κ3) is 2.92. The Balaban J connectivity index is 1.92. The van der Waals surface area contributed by atoms with E-state index < -0.39 is 0 Å². The first kappa shape index (κ1) is 13.7. The van der Waals surface area contributed by atoms with Gasteiger partial charge in [0.1, 0.15) is 5.76 Å². The van der Waals surface area contributed by atoms with E-state index in [-0.39, 0.29) is 5.91 Å². The van der Waals surface area contributed by atoms with Gasteiger partial charge in [0.25, 0.3) is 5.91 Å². The van der Waals surface area contributed by atoms with Gasteiger partial charge in [-0.3, -0.25) is 9.69 Å². The summed E-state index contributed by atoms with van der Waals surface area (Å²) in [7, 11) is 0. The van der Waals surface area contributed by atoms with Gasteiger partial charge in [-0.25, -0.2) is 4.99 Å². The van der Waals surface area contributed by atoms with Gasteiger partial charge in [-0.15, -0.1) is 0 Å². The highest BCUT2D eigenvalue weighted by Crippen LogP contribution is 2.33. The van der Waals surface area contributed by atoms with E-state index in [0.29, 0.717) is 22.4 Å². The Morgan fingerprint density at radius 2 is 2.05 bits per heavy atom. The molecule has 0 saturated carbocycles. The van der Waals surface area contributed by atoms with Gasteiger partial charge >= 0.3 is 0 Å². The molecule has 1 aliphatic heterocycles. The lowest BCUT2D eigenvalue weighted by Gasteiger charge is -2.11. The molecule has 1 aromatic heterocycles. The van der Waals surface area contributed by atoms with Gasteiger partial charge < -0.3 is 4.42 Å². The number of amidine groups is 1. The van der Waals surface area contributed by atoms with Gasteiger partial charge in [0.2, 0.25) is 0 Å². The molecule has 0 spiro atoms. The van der Waals surface area contributed by atoms with E-state index in [9.17, 15) is 4.79 Å². The lowest BCUT2D eigenvalue weighted by atomic mass is 10.3. The van der Waals surface area contributed by atoms with E-state index in [1.165, 1.54) is 11.8 Å². The number of carbonyl (C=O) groups excluding carboxylic acids is 1. The van der Waals surface area contributed by atoms with Gasteiger partial charge in [0, 0.05) is 12.6 Å². The summed E-state index contributed by atoms with van der Waals surface area (Å²) < 4.78 is 5.27. The van der Waals surface area contributed by atoms with Crippen LogP contribution in [0.25, 0.3) is 6.08 Å². The molecule has 1 fully saturated rings. The van der Waals surface area contributed by atoms with Crippen molar-refractivity contribution in [2.75, 3.05) is 6.54 Å². The second-order valence-corrected chi connectivity index (χ2v) is 5.41. The molecule has 0 radical (unpaired) electrons. The highest BCUT2D eigenvalue weighted by molar-refractivity contribution is 8.18. The van der Waals surface area contributed by atoms with Crippen LogP contribution in [0.3, 0.4) is 0 Å². The lowest BCUT2D eigenvalue weighted by Crippen LogP contribution is -2.28. The Bertz CT molecular complexity index is 690. The molecule has 3 rings (SSSR count). The summed E-state index contributed by atoms with van der Waals surface area (Å²) in [4.78, 5) is 19.2. The van der Waals surface area contributed by atoms with Crippen LogP contribution in [-0.2, 0) is 4.79 Å². The summed E-state index contributed by atoms with van der Waals surface area (Å²) in [5.41, 5.74) is 0.838. The first-order chi connectivity index (χ1) is 10.3. The van der Waals surface area contributed by atoms with Crippen LogP contribution in [0.5, 0.6) is 0 Å². The molecule has 4 nitrogen and oxygen atoms in total. The third-order valence-electron chi connectivity index (χ3n) is 3.00. The zero-order valence-corrected chi connectivity index (χ0v) is 12.3. The van der Waals surface area contributed by atoms with E-state index in [0.717, 1.165) is 5.69 Å². The van der Waals surface area contributed by atoms with Gasteiger partial charge in [0.15, 0.2) is 5.17 Å². The molecule has 1 saturated heterocycles. The number of likely N-dealkylation sites (N-methyl/N-ethyl adjacent to an activating group) is 1. The molecule has 1 aliphatic rings. The Hall–Kier alpha value is -2.27. The standard InChI is InChI=1S/C16H14N2O2S/c1-2-18-15(19)14(11-13-9-6-10-20-13)21-16(18)17-12-7-4-3-5-8-12/h3-11H,2H2,1H3/b14-11+,17-16?. The van der Waals surface area contributed by atoms with Crippen molar-refractivity contribution < 1.29 is 9.21 Å². The fourth-order valence-electron chi connectivity index (χ4n) is 1.99. The van der Waals surface area contributed by atoms with E-state index >= 15 is 0 Å². The van der Waals surface area contributed by atoms with Crippen molar-refractivity contribution in [2.24, 2.45) is 4.99 Å². The molecule has 0 aliphatic carbocycles. The summed E-state index contributed by atoms with van der Waals surface area (Å²) in [5.74, 6) is 0.636. The number of thioether (sulfide) groups is 1. The van der Waals surface area contributed by atoms with E-state index in [1.54, 1.807) is 23.3 Å². The Labute approximate surface area is 127 Å². The Morgan fingerprint density at radius 1 is 1.24 bits per heavy atom. The van der Waals surface area contributed by atoms with Crippen molar-refractivity contribution in [3.63, 3.8) is 0 Å². The zero-order chi connectivity index (χ0) is 14.7. The summed E-state index contributed by atoms with van der Waals surface area (Å²) >= 11 is 1.37. The molecule has 2 heterocycles. The molecule has 0 N–H and O–H groups in total. The monoisotopic (exact) mass is 298 g/mol. The number of nitrogens with zero attached hydrogens (tertiary/aromatic N) is 2. The number of carbonyl (C=O) groups is 1. The molecule has 106 valence electrons. The Kier molecular flexibility index (Phi) is 3.92. The number of benzene rings is 1. The predicted molar refractivity (Wildman–Crippen MR) is 85.2 cm³/mol. The van der Waals surface area contributed by atoms with Crippen LogP contribution in [0.2, 0.25) is 0 Å². The van der Waals surface area contributed by atoms with Crippen molar-refractivity contribution >= 4 is 34.6 Å². The third-order valence-corrected chi connectivity index (χ3v) is 4.01. The van der Waals surface area contributed by atoms with Gasteiger partial charge in [0.05, 0.1) is 16.9 Å². The number of para-hydroxylation sites is 1. The van der Waals surface area contributed by atoms with Crippen LogP contribution >= 0.6 is 11.8 Å². The molecule has 1 aromatic carbocycles. The number of amides is 1. The average molecular weight is 298 g/mol. The van der Waals surface area contributed by atoms with Gasteiger partial charge in [-0.05, 0) is 43.0 Å². The van der Waals surface area contributed by atoms with Gasteiger partial charge in [-0.1, -0.05) is 18.2 Å². The smallest absolute Gasteiger partial charge is 0.266 e. The van der Waals surface area contributed by atoms with Crippen LogP contribution in [0.15, 0.2) is 63.0 Å². The fourth-order valence-corrected chi connectivity index (χ4v) is 3.03. The topological polar surface area (TPSA) is 45.8 Å². The number of aliphatic imine (C=N–C) groups is 1. The quantitative estimate of drug-likeness (QED) is 0.807. The number of rotatable bonds is 3. The second-order valence-electron chi connectivity index (χ2n) is 4.41. The fraction of sp³-hybridized carbons (Fsp3) is 0.125. The molecule has 0 atom stereocenters. The molecular weight excluding hydrogens is 284 g/mol. The summed E-state index contributed by atoms with van der Waals surface area (Å²) in [6.45, 7) is 2.53. The minimum absolute atomic E-state index is 0.0337. The van der Waals surface area contributed by atoms with Crippen molar-refractivity contribution in [1.82, 2.24) is 4.90 Å². The maximum absolute atomic E-state index is 12.4. The van der Waals surface area contributed by atoms with Crippen LogP contribution in [0.4, 0.5) is 5.69 Å². The maximum Gasteiger partial charge on any atom is 0.266 e. The van der Waals surface area contributed by atoms with Crippen LogP contribution in [0, 0.1) is 0 Å². The molecule has 0 bridgehead atoms. The second kappa shape index (κ2) is 6.01. The molecule has 2 aromatic rings. The van der Waals surface area contributed by atoms with Crippen LogP contribution < -0.4 is 0 Å². The first-order valence-electron chi connectivity index (χ1n) is 6.66. The number of hydrogen-bond donors (Lipinski definition) is 0. The Morgan fingerprint density at radius 3 is 2.71 bits per heavy atom. The van der Waals surface area contributed by atoms with Crippen molar-refractivity contribution in [3.05, 3.63) is 59.4 Å². The number of hydrogen-bond acceptors (Lipinski definition) is 4. The highest BCUT2D eigenvalue weighted by Gasteiger charge is 2.32. The SMILES string of the molecule is CCN1C(=O)/C(=C\c2ccco2)SC1=Nc1ccccc1. The predicted octanol–water partition coefficient (Wildman–Crippen LogP) is 3.90. The summed E-state index contributed by atoms with van der Waals surface area (Å²) in [6, 6.07) is 13.3. The molecule has 1 amide bonds. The van der Waals surface area contributed by atoms with Gasteiger partial charge in [-0.2, -0.15) is 0 Å². The number of furan rings is 1.